The van der Waals surface area contributed by atoms with Crippen LogP contribution in [0.1, 0.15) is 5.82 Å². The number of amides is 2. The zero-order valence-corrected chi connectivity index (χ0v) is 15.2. The lowest BCUT2D eigenvalue weighted by atomic mass is 10.2. The number of hydrogen-bond acceptors (Lipinski definition) is 7. The molecular weight excluding hydrogens is 366 g/mol. The summed E-state index contributed by atoms with van der Waals surface area (Å²) in [6.07, 6.45) is 10.2. The summed E-state index contributed by atoms with van der Waals surface area (Å²) in [7, 11) is 1.83. The van der Waals surface area contributed by atoms with E-state index in [1.165, 1.54) is 4.90 Å². The second kappa shape index (κ2) is 7.16. The fourth-order valence-corrected chi connectivity index (χ4v) is 3.42. The monoisotopic (exact) mass is 381 g/mol. The topological polar surface area (TPSA) is 98.8 Å². The van der Waals surface area contributed by atoms with Gasteiger partial charge in [-0.05, 0) is 23.9 Å². The minimum Gasteiger partial charge on any atom is -0.335 e. The van der Waals surface area contributed by atoms with Gasteiger partial charge in [-0.15, -0.1) is 5.10 Å². The van der Waals surface area contributed by atoms with E-state index in [2.05, 4.69) is 20.3 Å². The summed E-state index contributed by atoms with van der Waals surface area (Å²) >= 11 is 0.918. The highest BCUT2D eigenvalue weighted by Gasteiger charge is 2.35. The molecule has 1 saturated heterocycles. The Balaban J connectivity index is 1.44. The zero-order valence-electron chi connectivity index (χ0n) is 14.4. The number of imidazole rings is 1. The normalized spacial score (nSPS) is 15.9. The van der Waals surface area contributed by atoms with Crippen molar-refractivity contribution in [2.45, 2.75) is 6.54 Å². The third-order valence-electron chi connectivity index (χ3n) is 4.04. The number of nitrogens with zero attached hydrogens (tertiary/aromatic N) is 7. The van der Waals surface area contributed by atoms with E-state index in [9.17, 15) is 9.59 Å². The lowest BCUT2D eigenvalue weighted by molar-refractivity contribution is -0.122. The Morgan fingerprint density at radius 3 is 2.85 bits per heavy atom. The van der Waals surface area contributed by atoms with Gasteiger partial charge < -0.3 is 4.57 Å². The average molecular weight is 381 g/mol. The Bertz CT molecular complexity index is 1020. The molecule has 0 spiro atoms. The molecule has 0 N–H and O–H groups in total. The maximum Gasteiger partial charge on any atom is 0.293 e. The molecule has 1 aliphatic rings. The molecule has 1 fully saturated rings. The first-order valence-electron chi connectivity index (χ1n) is 8.15. The first-order chi connectivity index (χ1) is 13.1. The van der Waals surface area contributed by atoms with Crippen molar-refractivity contribution in [1.29, 1.82) is 0 Å². The summed E-state index contributed by atoms with van der Waals surface area (Å²) in [6, 6.07) is 3.71. The molecule has 3 aromatic heterocycles. The Hall–Kier alpha value is -3.27. The summed E-state index contributed by atoms with van der Waals surface area (Å²) in [6.45, 7) is 0.583. The van der Waals surface area contributed by atoms with E-state index in [0.29, 0.717) is 23.0 Å². The van der Waals surface area contributed by atoms with Crippen LogP contribution in [0.15, 0.2) is 48.0 Å². The van der Waals surface area contributed by atoms with E-state index >= 15 is 0 Å². The number of carbonyl (C=O) groups excluding carboxylic acids is 2. The van der Waals surface area contributed by atoms with Gasteiger partial charge in [0.15, 0.2) is 0 Å². The molecule has 2 amide bonds. The van der Waals surface area contributed by atoms with Crippen molar-refractivity contribution >= 4 is 29.0 Å². The van der Waals surface area contributed by atoms with Gasteiger partial charge in [0.1, 0.15) is 11.5 Å². The van der Waals surface area contributed by atoms with E-state index in [1.807, 2.05) is 19.2 Å². The van der Waals surface area contributed by atoms with Gasteiger partial charge in [0.05, 0.1) is 17.6 Å². The van der Waals surface area contributed by atoms with Crippen LogP contribution in [-0.4, -0.2) is 52.1 Å². The summed E-state index contributed by atoms with van der Waals surface area (Å²) in [5, 5.41) is 7.85. The molecule has 136 valence electrons. The summed E-state index contributed by atoms with van der Waals surface area (Å²) in [5.74, 6) is 0.304. The van der Waals surface area contributed by atoms with Gasteiger partial charge in [-0.25, -0.2) is 4.98 Å². The van der Waals surface area contributed by atoms with Crippen molar-refractivity contribution in [3.05, 3.63) is 53.8 Å². The second-order valence-corrected chi connectivity index (χ2v) is 6.83. The van der Waals surface area contributed by atoms with Crippen molar-refractivity contribution in [3.63, 3.8) is 0 Å². The molecule has 0 bridgehead atoms. The van der Waals surface area contributed by atoms with Gasteiger partial charge in [-0.3, -0.25) is 24.2 Å². The maximum atomic E-state index is 12.5. The van der Waals surface area contributed by atoms with Crippen LogP contribution in [0.5, 0.6) is 0 Å². The number of pyridine rings is 1. The lowest BCUT2D eigenvalue weighted by Crippen LogP contribution is -2.31. The Morgan fingerprint density at radius 1 is 1.22 bits per heavy atom. The highest BCUT2D eigenvalue weighted by molar-refractivity contribution is 8.18. The molecular formula is C17H15N7O2S. The molecule has 27 heavy (non-hydrogen) atoms. The Labute approximate surface area is 158 Å². The number of aromatic nitrogens is 6. The molecule has 4 heterocycles. The predicted molar refractivity (Wildman–Crippen MR) is 99.1 cm³/mol. The van der Waals surface area contributed by atoms with E-state index in [-0.39, 0.29) is 17.7 Å². The molecule has 0 unspecified atom stereocenters. The standard InChI is InChI=1S/C17H15N7O2S/c1-22-6-5-19-15(22)9-14-16(25)24(17(26)27-14)8-7-23-11-13(20-21-23)12-3-2-4-18-10-12/h2-6,9-11H,7-8H2,1H3/b14-9-. The highest BCUT2D eigenvalue weighted by atomic mass is 32.2. The highest BCUT2D eigenvalue weighted by Crippen LogP contribution is 2.31. The van der Waals surface area contributed by atoms with Gasteiger partial charge >= 0.3 is 0 Å². The van der Waals surface area contributed by atoms with Crippen LogP contribution < -0.4 is 0 Å². The van der Waals surface area contributed by atoms with Gasteiger partial charge in [-0.1, -0.05) is 5.21 Å². The fourth-order valence-electron chi connectivity index (χ4n) is 2.58. The van der Waals surface area contributed by atoms with Gasteiger partial charge in [0.25, 0.3) is 11.1 Å². The van der Waals surface area contributed by atoms with Crippen LogP contribution in [0.25, 0.3) is 17.3 Å². The third kappa shape index (κ3) is 3.51. The molecule has 10 heteroatoms. The zero-order chi connectivity index (χ0) is 18.8. The van der Waals surface area contributed by atoms with Crippen LogP contribution in [0.3, 0.4) is 0 Å². The SMILES string of the molecule is Cn1ccnc1/C=C1\SC(=O)N(CCn2cc(-c3cccnc3)nn2)C1=O. The van der Waals surface area contributed by atoms with E-state index in [0.717, 1.165) is 17.3 Å². The summed E-state index contributed by atoms with van der Waals surface area (Å²) in [5.41, 5.74) is 1.54. The number of rotatable bonds is 5. The molecule has 1 aliphatic heterocycles. The molecule has 4 rings (SSSR count). The molecule has 3 aromatic rings. The van der Waals surface area contributed by atoms with Crippen LogP contribution in [0, 0.1) is 0 Å². The predicted octanol–water partition coefficient (Wildman–Crippen LogP) is 1.81. The second-order valence-electron chi connectivity index (χ2n) is 5.84. The number of carbonyl (C=O) groups is 2. The summed E-state index contributed by atoms with van der Waals surface area (Å²) < 4.78 is 3.39. The third-order valence-corrected chi connectivity index (χ3v) is 4.95. The first-order valence-corrected chi connectivity index (χ1v) is 8.97. The largest absolute Gasteiger partial charge is 0.335 e. The number of hydrogen-bond donors (Lipinski definition) is 0. The van der Waals surface area contributed by atoms with Crippen molar-refractivity contribution in [2.75, 3.05) is 6.54 Å². The minimum atomic E-state index is -0.319. The van der Waals surface area contributed by atoms with Crippen LogP contribution >= 0.6 is 11.8 Å². The quantitative estimate of drug-likeness (QED) is 0.622. The van der Waals surface area contributed by atoms with Gasteiger partial charge in [0, 0.05) is 50.0 Å². The smallest absolute Gasteiger partial charge is 0.293 e. The molecule has 0 atom stereocenters. The molecule has 0 aliphatic carbocycles. The number of thioether (sulfide) groups is 1. The average Bonchev–Trinajstić information content (AvgIpc) is 3.37. The number of aryl methyl sites for hydroxylation is 1. The molecule has 0 aromatic carbocycles. The first kappa shape index (κ1) is 17.2. The van der Waals surface area contributed by atoms with Gasteiger partial charge in [0.2, 0.25) is 0 Å². The van der Waals surface area contributed by atoms with E-state index in [4.69, 9.17) is 0 Å². The molecule has 0 saturated carbocycles. The van der Waals surface area contributed by atoms with Crippen molar-refractivity contribution < 1.29 is 9.59 Å². The van der Waals surface area contributed by atoms with Gasteiger partial charge in [-0.2, -0.15) is 0 Å². The number of imide groups is 1. The maximum absolute atomic E-state index is 12.5. The Kier molecular flexibility index (Phi) is 4.55. The molecule has 0 radical (unpaired) electrons. The van der Waals surface area contributed by atoms with Crippen LogP contribution in [0.2, 0.25) is 0 Å². The van der Waals surface area contributed by atoms with E-state index in [1.54, 1.807) is 46.3 Å². The van der Waals surface area contributed by atoms with Crippen LogP contribution in [0.4, 0.5) is 4.79 Å². The Morgan fingerprint density at radius 2 is 2.11 bits per heavy atom. The van der Waals surface area contributed by atoms with E-state index < -0.39 is 0 Å². The van der Waals surface area contributed by atoms with Crippen molar-refractivity contribution in [3.8, 4) is 11.3 Å². The summed E-state index contributed by atoms with van der Waals surface area (Å²) in [4.78, 5) is 34.5. The fraction of sp³-hybridized carbons (Fsp3) is 0.176. The molecule has 9 nitrogen and oxygen atoms in total. The van der Waals surface area contributed by atoms with Crippen molar-refractivity contribution in [2.24, 2.45) is 7.05 Å². The van der Waals surface area contributed by atoms with Crippen molar-refractivity contribution in [1.82, 2.24) is 34.4 Å². The van der Waals surface area contributed by atoms with Crippen LogP contribution in [-0.2, 0) is 18.4 Å². The minimum absolute atomic E-state index is 0.221. The lowest BCUT2D eigenvalue weighted by Gasteiger charge is -2.11.